The van der Waals surface area contributed by atoms with Gasteiger partial charge in [0.1, 0.15) is 46.2 Å². The van der Waals surface area contributed by atoms with E-state index in [4.69, 9.17) is 33.2 Å². The molecule has 20 heteroatoms. The fourth-order valence-electron chi connectivity index (χ4n) is 7.96. The quantitative estimate of drug-likeness (QED) is 0.0444. The van der Waals surface area contributed by atoms with E-state index < -0.39 is 96.0 Å². The van der Waals surface area contributed by atoms with E-state index in [1.54, 1.807) is 0 Å². The van der Waals surface area contributed by atoms with Gasteiger partial charge >= 0.3 is 42.5 Å². The SMILES string of the molecule is C=CC(=O)OCCOC(=O)NC1CCC(C)(CNC(=O)OCC(C)(COCC(F)(F)F)COC(=O)NCC2(C)CCC(NC(=O)OCCOC(=O)C=C)C(C)(C)C2)CC1(C)C. The highest BCUT2D eigenvalue weighted by atomic mass is 19.4. The summed E-state index contributed by atoms with van der Waals surface area (Å²) in [6, 6.07) is -0.490. The van der Waals surface area contributed by atoms with E-state index in [9.17, 15) is 41.9 Å². The summed E-state index contributed by atoms with van der Waals surface area (Å²) in [7, 11) is 0. The summed E-state index contributed by atoms with van der Waals surface area (Å²) >= 11 is 0. The number of carbonyl (C=O) groups excluding carboxylic acids is 6. The third-order valence-corrected chi connectivity index (χ3v) is 10.9. The normalized spacial score (nSPS) is 24.0. The number of carbonyl (C=O) groups is 6. The number of esters is 2. The summed E-state index contributed by atoms with van der Waals surface area (Å²) in [6.45, 7) is 16.9. The topological polar surface area (TPSA) is 215 Å². The summed E-state index contributed by atoms with van der Waals surface area (Å²) in [5.74, 6) is -1.26. The molecule has 2 aliphatic carbocycles. The molecule has 61 heavy (non-hydrogen) atoms. The van der Waals surface area contributed by atoms with E-state index in [0.29, 0.717) is 38.5 Å². The van der Waals surface area contributed by atoms with Crippen LogP contribution in [0.4, 0.5) is 32.3 Å². The molecule has 4 amide bonds. The third kappa shape index (κ3) is 19.7. The number of nitrogens with one attached hydrogen (secondary N) is 4. The van der Waals surface area contributed by atoms with Crippen LogP contribution >= 0.6 is 0 Å². The fraction of sp³-hybridized carbons (Fsp3) is 0.756. The van der Waals surface area contributed by atoms with Crippen LogP contribution < -0.4 is 21.3 Å². The summed E-state index contributed by atoms with van der Waals surface area (Å²) < 4.78 is 74.5. The molecule has 2 fully saturated rings. The van der Waals surface area contributed by atoms with Crippen molar-refractivity contribution in [2.24, 2.45) is 27.1 Å². The van der Waals surface area contributed by atoms with Gasteiger partial charge in [-0.05, 0) is 60.2 Å². The van der Waals surface area contributed by atoms with Gasteiger partial charge in [-0.1, -0.05) is 61.6 Å². The van der Waals surface area contributed by atoms with Crippen LogP contribution in [0.15, 0.2) is 25.3 Å². The first kappa shape index (κ1) is 52.4. The molecule has 0 aromatic rings. The van der Waals surface area contributed by atoms with Crippen LogP contribution in [0.3, 0.4) is 0 Å². The number of ether oxygens (including phenoxy) is 7. The molecule has 2 saturated carbocycles. The molecular weight excluding hydrogens is 813 g/mol. The highest BCUT2D eigenvalue weighted by Crippen LogP contribution is 2.47. The molecule has 0 bridgehead atoms. The Morgan fingerprint density at radius 1 is 0.590 bits per heavy atom. The molecule has 17 nitrogen and oxygen atoms in total. The fourth-order valence-corrected chi connectivity index (χ4v) is 7.96. The molecule has 0 radical (unpaired) electrons. The smallest absolute Gasteiger partial charge is 0.411 e. The molecule has 0 aliphatic heterocycles. The molecule has 0 aromatic heterocycles. The van der Waals surface area contributed by atoms with Crippen LogP contribution in [0, 0.1) is 27.1 Å². The molecular formula is C41H65F3N4O13. The molecule has 0 saturated heterocycles. The van der Waals surface area contributed by atoms with Crippen molar-refractivity contribution in [1.82, 2.24) is 21.3 Å². The van der Waals surface area contributed by atoms with Gasteiger partial charge in [0.15, 0.2) is 0 Å². The highest BCUT2D eigenvalue weighted by molar-refractivity contribution is 5.81. The van der Waals surface area contributed by atoms with Crippen LogP contribution in [0.1, 0.15) is 87.0 Å². The number of alkyl halides is 3. The molecule has 2 aliphatic rings. The van der Waals surface area contributed by atoms with Gasteiger partial charge in [-0.2, -0.15) is 13.2 Å². The van der Waals surface area contributed by atoms with E-state index in [2.05, 4.69) is 34.4 Å². The Morgan fingerprint density at radius 2 is 0.967 bits per heavy atom. The Kier molecular flexibility index (Phi) is 19.7. The largest absolute Gasteiger partial charge is 0.459 e. The van der Waals surface area contributed by atoms with Gasteiger partial charge in [0, 0.05) is 37.3 Å². The number of alkyl carbamates (subject to hydrolysis) is 4. The van der Waals surface area contributed by atoms with Crippen LogP contribution in [0.25, 0.3) is 0 Å². The second-order valence-corrected chi connectivity index (χ2v) is 18.2. The number of rotatable bonds is 21. The summed E-state index contributed by atoms with van der Waals surface area (Å²) in [5.41, 5.74) is -2.98. The van der Waals surface area contributed by atoms with Gasteiger partial charge in [-0.3, -0.25) is 0 Å². The molecule has 4 atom stereocenters. The zero-order chi connectivity index (χ0) is 46.1. The second kappa shape index (κ2) is 22.9. The summed E-state index contributed by atoms with van der Waals surface area (Å²) in [4.78, 5) is 72.9. The van der Waals surface area contributed by atoms with Crippen molar-refractivity contribution >= 4 is 36.3 Å². The monoisotopic (exact) mass is 878 g/mol. The lowest BCUT2D eigenvalue weighted by molar-refractivity contribution is -0.183. The molecule has 348 valence electrons. The van der Waals surface area contributed by atoms with Gasteiger partial charge in [0.25, 0.3) is 0 Å². The van der Waals surface area contributed by atoms with Crippen LogP contribution in [0.2, 0.25) is 0 Å². The van der Waals surface area contributed by atoms with Crippen LogP contribution in [-0.4, -0.2) is 121 Å². The minimum atomic E-state index is -4.61. The van der Waals surface area contributed by atoms with Crippen molar-refractivity contribution in [1.29, 1.82) is 0 Å². The Labute approximate surface area is 355 Å². The zero-order valence-electron chi connectivity index (χ0n) is 36.5. The Hall–Kier alpha value is -4.75. The molecule has 2 rings (SSSR count). The maximum atomic E-state index is 13.0. The van der Waals surface area contributed by atoms with Gasteiger partial charge in [0.2, 0.25) is 0 Å². The Bertz CT molecular complexity index is 1440. The number of halogens is 3. The van der Waals surface area contributed by atoms with E-state index in [1.807, 2.05) is 41.5 Å². The molecule has 4 unspecified atom stereocenters. The predicted molar refractivity (Wildman–Crippen MR) is 214 cm³/mol. The average molecular weight is 879 g/mol. The van der Waals surface area contributed by atoms with Gasteiger partial charge in [0.05, 0.1) is 12.0 Å². The van der Waals surface area contributed by atoms with Crippen molar-refractivity contribution in [3.05, 3.63) is 25.3 Å². The zero-order valence-corrected chi connectivity index (χ0v) is 36.5. The molecule has 0 heterocycles. The third-order valence-electron chi connectivity index (χ3n) is 10.9. The van der Waals surface area contributed by atoms with E-state index in [1.165, 1.54) is 6.92 Å². The lowest BCUT2D eigenvalue weighted by atomic mass is 9.62. The Balaban J connectivity index is 1.88. The predicted octanol–water partition coefficient (Wildman–Crippen LogP) is 6.10. The number of hydrogen-bond donors (Lipinski definition) is 4. The minimum Gasteiger partial charge on any atom is -0.459 e. The van der Waals surface area contributed by atoms with Crippen molar-refractivity contribution in [3.63, 3.8) is 0 Å². The standard InChI is InChI=1S/C41H65F3N4O13/c1-10-30(49)56-16-18-58-34(53)47-28-12-14-38(7,20-36(28,3)4)22-45-32(51)60-25-40(9,24-55-27-41(42,43)44)26-61-33(52)46-23-39(8)15-13-29(37(5,6)21-39)48-35(54)59-19-17-57-31(50)11-2/h10-11,28-29H,1-2,12-27H2,3-9H3,(H,45,51)(H,46,52)(H,47,53)(H,48,54). The molecule has 0 spiro atoms. The summed E-state index contributed by atoms with van der Waals surface area (Å²) in [5, 5.41) is 11.2. The lowest BCUT2D eigenvalue weighted by Crippen LogP contribution is -2.53. The first-order chi connectivity index (χ1) is 28.2. The van der Waals surface area contributed by atoms with Crippen molar-refractivity contribution in [2.45, 2.75) is 105 Å². The van der Waals surface area contributed by atoms with Crippen LogP contribution in [0.5, 0.6) is 0 Å². The molecule has 0 aromatic carbocycles. The second-order valence-electron chi connectivity index (χ2n) is 18.2. The van der Waals surface area contributed by atoms with Crippen molar-refractivity contribution < 1.29 is 75.1 Å². The average Bonchev–Trinajstić information content (AvgIpc) is 3.16. The number of hydrogen-bond acceptors (Lipinski definition) is 13. The van der Waals surface area contributed by atoms with E-state index >= 15 is 0 Å². The van der Waals surface area contributed by atoms with Crippen molar-refractivity contribution in [2.75, 3.05) is 65.9 Å². The van der Waals surface area contributed by atoms with Crippen LogP contribution in [-0.2, 0) is 42.7 Å². The van der Waals surface area contributed by atoms with Crippen molar-refractivity contribution in [3.8, 4) is 0 Å². The number of amides is 4. The van der Waals surface area contributed by atoms with Gasteiger partial charge < -0.3 is 54.4 Å². The Morgan fingerprint density at radius 3 is 1.31 bits per heavy atom. The highest BCUT2D eigenvalue weighted by Gasteiger charge is 2.45. The molecule has 4 N–H and O–H groups in total. The van der Waals surface area contributed by atoms with E-state index in [-0.39, 0.29) is 51.6 Å². The first-order valence-corrected chi connectivity index (χ1v) is 20.1. The first-order valence-electron chi connectivity index (χ1n) is 20.1. The van der Waals surface area contributed by atoms with Gasteiger partial charge in [-0.15, -0.1) is 0 Å². The summed E-state index contributed by atoms with van der Waals surface area (Å²) in [6.07, 6.45) is -2.01. The minimum absolute atomic E-state index is 0.112. The lowest BCUT2D eigenvalue weighted by Gasteiger charge is -2.47. The maximum absolute atomic E-state index is 13.0. The van der Waals surface area contributed by atoms with E-state index in [0.717, 1.165) is 12.2 Å². The van der Waals surface area contributed by atoms with Gasteiger partial charge in [-0.25, -0.2) is 28.8 Å². The maximum Gasteiger partial charge on any atom is 0.411 e.